The number of nitrogens with zero attached hydrogens (tertiary/aromatic N) is 3. The van der Waals surface area contributed by atoms with Crippen molar-refractivity contribution < 1.29 is 13.2 Å². The van der Waals surface area contributed by atoms with Gasteiger partial charge in [0.1, 0.15) is 11.5 Å². The molecule has 0 aliphatic carbocycles. The first-order chi connectivity index (χ1) is 8.05. The fourth-order valence-electron chi connectivity index (χ4n) is 1.15. The standard InChI is InChI=1S/C10H7F3N4/c11-10(12,13)8-2-1-7(5-16-8)17-9-6-14-3-4-15-9/h1-6H,(H,15,17). The number of hydrogen-bond donors (Lipinski definition) is 1. The van der Waals surface area contributed by atoms with Crippen LogP contribution in [0, 0.1) is 0 Å². The highest BCUT2D eigenvalue weighted by Gasteiger charge is 2.31. The quantitative estimate of drug-likeness (QED) is 0.876. The monoisotopic (exact) mass is 240 g/mol. The predicted molar refractivity (Wildman–Crippen MR) is 54.6 cm³/mol. The minimum absolute atomic E-state index is 0.415. The molecule has 0 aliphatic rings. The van der Waals surface area contributed by atoms with Crippen molar-refractivity contribution in [1.29, 1.82) is 0 Å². The van der Waals surface area contributed by atoms with Gasteiger partial charge in [-0.3, -0.25) is 4.98 Å². The van der Waals surface area contributed by atoms with Crippen molar-refractivity contribution in [2.45, 2.75) is 6.18 Å². The molecule has 7 heteroatoms. The van der Waals surface area contributed by atoms with E-state index in [1.165, 1.54) is 24.7 Å². The summed E-state index contributed by atoms with van der Waals surface area (Å²) in [5.74, 6) is 0.439. The number of rotatable bonds is 2. The highest BCUT2D eigenvalue weighted by Crippen LogP contribution is 2.28. The third-order valence-electron chi connectivity index (χ3n) is 1.89. The van der Waals surface area contributed by atoms with Crippen LogP contribution in [0.4, 0.5) is 24.7 Å². The SMILES string of the molecule is FC(F)(F)c1ccc(Nc2cnccn2)cn1. The van der Waals surface area contributed by atoms with Crippen LogP contribution in [0.25, 0.3) is 0 Å². The van der Waals surface area contributed by atoms with Gasteiger partial charge >= 0.3 is 6.18 Å². The van der Waals surface area contributed by atoms with Gasteiger partial charge in [0.15, 0.2) is 0 Å². The van der Waals surface area contributed by atoms with Gasteiger partial charge in [0, 0.05) is 12.4 Å². The van der Waals surface area contributed by atoms with Gasteiger partial charge in [-0.25, -0.2) is 9.97 Å². The summed E-state index contributed by atoms with van der Waals surface area (Å²) in [6.07, 6.45) is 1.09. The van der Waals surface area contributed by atoms with E-state index in [1.807, 2.05) is 0 Å². The number of hydrogen-bond acceptors (Lipinski definition) is 4. The number of nitrogens with one attached hydrogen (secondary N) is 1. The molecule has 1 N–H and O–H groups in total. The molecule has 0 spiro atoms. The van der Waals surface area contributed by atoms with Gasteiger partial charge in [-0.15, -0.1) is 0 Å². The Morgan fingerprint density at radius 1 is 1.00 bits per heavy atom. The van der Waals surface area contributed by atoms with Crippen molar-refractivity contribution in [1.82, 2.24) is 15.0 Å². The maximum atomic E-state index is 12.2. The van der Waals surface area contributed by atoms with E-state index in [4.69, 9.17) is 0 Å². The molecule has 0 fully saturated rings. The lowest BCUT2D eigenvalue weighted by Gasteiger charge is -2.07. The maximum absolute atomic E-state index is 12.2. The van der Waals surface area contributed by atoms with Gasteiger partial charge in [-0.2, -0.15) is 13.2 Å². The molecule has 0 atom stereocenters. The van der Waals surface area contributed by atoms with E-state index in [1.54, 1.807) is 0 Å². The van der Waals surface area contributed by atoms with Crippen LogP contribution in [-0.4, -0.2) is 15.0 Å². The Labute approximate surface area is 94.6 Å². The van der Waals surface area contributed by atoms with E-state index in [2.05, 4.69) is 20.3 Å². The molecule has 0 aromatic carbocycles. The number of aromatic nitrogens is 3. The Balaban J connectivity index is 2.14. The first-order valence-corrected chi connectivity index (χ1v) is 4.62. The molecular formula is C10H7F3N4. The predicted octanol–water partition coefficient (Wildman–Crippen LogP) is 2.63. The highest BCUT2D eigenvalue weighted by molar-refractivity contribution is 5.53. The summed E-state index contributed by atoms with van der Waals surface area (Å²) in [4.78, 5) is 11.0. The van der Waals surface area contributed by atoms with Crippen LogP contribution in [0.15, 0.2) is 36.9 Å². The average molecular weight is 240 g/mol. The summed E-state index contributed by atoms with van der Waals surface area (Å²) >= 11 is 0. The van der Waals surface area contributed by atoms with Crippen molar-refractivity contribution in [2.75, 3.05) is 5.32 Å². The summed E-state index contributed by atoms with van der Waals surface area (Å²) in [5.41, 5.74) is -0.513. The number of pyridine rings is 1. The topological polar surface area (TPSA) is 50.7 Å². The molecule has 2 aromatic heterocycles. The van der Waals surface area contributed by atoms with Crippen LogP contribution in [-0.2, 0) is 6.18 Å². The molecule has 0 saturated heterocycles. The molecule has 0 saturated carbocycles. The molecule has 0 radical (unpaired) electrons. The largest absolute Gasteiger partial charge is 0.433 e. The summed E-state index contributed by atoms with van der Waals surface area (Å²) in [7, 11) is 0. The normalized spacial score (nSPS) is 11.2. The van der Waals surface area contributed by atoms with E-state index < -0.39 is 11.9 Å². The minimum atomic E-state index is -4.43. The van der Waals surface area contributed by atoms with Gasteiger partial charge in [-0.05, 0) is 12.1 Å². The molecule has 0 aliphatic heterocycles. The summed E-state index contributed by atoms with van der Waals surface area (Å²) in [6.45, 7) is 0. The lowest BCUT2D eigenvalue weighted by atomic mass is 10.3. The second kappa shape index (κ2) is 4.36. The van der Waals surface area contributed by atoms with Gasteiger partial charge in [0.05, 0.1) is 18.1 Å². The number of alkyl halides is 3. The Morgan fingerprint density at radius 3 is 2.35 bits per heavy atom. The third kappa shape index (κ3) is 2.90. The van der Waals surface area contributed by atoms with Crippen molar-refractivity contribution in [3.63, 3.8) is 0 Å². The van der Waals surface area contributed by atoms with Crippen LogP contribution < -0.4 is 5.32 Å². The maximum Gasteiger partial charge on any atom is 0.433 e. The second-order valence-electron chi connectivity index (χ2n) is 3.15. The Morgan fingerprint density at radius 2 is 1.82 bits per heavy atom. The smallest absolute Gasteiger partial charge is 0.338 e. The van der Waals surface area contributed by atoms with Crippen LogP contribution in [0.5, 0.6) is 0 Å². The van der Waals surface area contributed by atoms with Gasteiger partial charge in [-0.1, -0.05) is 0 Å². The molecule has 2 aromatic rings. The molecular weight excluding hydrogens is 233 g/mol. The Bertz CT molecular complexity index is 481. The highest BCUT2D eigenvalue weighted by atomic mass is 19.4. The summed E-state index contributed by atoms with van der Waals surface area (Å²) in [5, 5.41) is 2.78. The molecule has 0 amide bonds. The Hall–Kier alpha value is -2.18. The zero-order valence-electron chi connectivity index (χ0n) is 8.44. The van der Waals surface area contributed by atoms with Gasteiger partial charge in [0.2, 0.25) is 0 Å². The van der Waals surface area contributed by atoms with Crippen LogP contribution in [0.3, 0.4) is 0 Å². The van der Waals surface area contributed by atoms with E-state index >= 15 is 0 Å². The molecule has 0 bridgehead atoms. The van der Waals surface area contributed by atoms with Crippen LogP contribution in [0.1, 0.15) is 5.69 Å². The second-order valence-corrected chi connectivity index (χ2v) is 3.15. The van der Waals surface area contributed by atoms with Gasteiger partial charge in [0.25, 0.3) is 0 Å². The lowest BCUT2D eigenvalue weighted by molar-refractivity contribution is -0.141. The van der Waals surface area contributed by atoms with Crippen molar-refractivity contribution >= 4 is 11.5 Å². The molecule has 4 nitrogen and oxygen atoms in total. The van der Waals surface area contributed by atoms with E-state index in [9.17, 15) is 13.2 Å². The summed E-state index contributed by atoms with van der Waals surface area (Å²) < 4.78 is 36.7. The summed E-state index contributed by atoms with van der Waals surface area (Å²) in [6, 6.07) is 2.18. The van der Waals surface area contributed by atoms with Gasteiger partial charge < -0.3 is 5.32 Å². The number of anilines is 2. The molecule has 88 valence electrons. The number of halogens is 3. The zero-order valence-corrected chi connectivity index (χ0v) is 8.44. The molecule has 17 heavy (non-hydrogen) atoms. The van der Waals surface area contributed by atoms with Crippen LogP contribution in [0.2, 0.25) is 0 Å². The third-order valence-corrected chi connectivity index (χ3v) is 1.89. The van der Waals surface area contributed by atoms with E-state index in [0.29, 0.717) is 11.5 Å². The first-order valence-electron chi connectivity index (χ1n) is 4.62. The first kappa shape index (κ1) is 11.3. The van der Waals surface area contributed by atoms with Crippen molar-refractivity contribution in [2.24, 2.45) is 0 Å². The Kier molecular flexibility index (Phi) is 2.90. The lowest BCUT2D eigenvalue weighted by Crippen LogP contribution is -2.07. The molecule has 2 rings (SSSR count). The van der Waals surface area contributed by atoms with Crippen LogP contribution >= 0.6 is 0 Å². The fraction of sp³-hybridized carbons (Fsp3) is 0.100. The van der Waals surface area contributed by atoms with Crippen molar-refractivity contribution in [3.8, 4) is 0 Å². The zero-order chi connectivity index (χ0) is 12.3. The fourth-order valence-corrected chi connectivity index (χ4v) is 1.15. The van der Waals surface area contributed by atoms with E-state index in [0.717, 1.165) is 12.3 Å². The minimum Gasteiger partial charge on any atom is -0.338 e. The van der Waals surface area contributed by atoms with E-state index in [-0.39, 0.29) is 0 Å². The molecule has 2 heterocycles. The van der Waals surface area contributed by atoms with Crippen molar-refractivity contribution in [3.05, 3.63) is 42.6 Å². The molecule has 0 unspecified atom stereocenters. The average Bonchev–Trinajstić information content (AvgIpc) is 2.30.